The van der Waals surface area contributed by atoms with Crippen LogP contribution in [0.3, 0.4) is 0 Å². The highest BCUT2D eigenvalue weighted by molar-refractivity contribution is 5.72. The van der Waals surface area contributed by atoms with Crippen LogP contribution in [-0.4, -0.2) is 24.7 Å². The molecule has 0 saturated heterocycles. The molecule has 3 heteroatoms. The molecule has 1 aliphatic carbocycles. The van der Waals surface area contributed by atoms with Crippen molar-refractivity contribution in [1.29, 1.82) is 0 Å². The van der Waals surface area contributed by atoms with E-state index in [4.69, 9.17) is 4.74 Å². The Morgan fingerprint density at radius 1 is 1.38 bits per heavy atom. The van der Waals surface area contributed by atoms with Crippen molar-refractivity contribution in [3.05, 3.63) is 0 Å². The quantitative estimate of drug-likeness (QED) is 0.708. The molecule has 0 aromatic heterocycles. The van der Waals surface area contributed by atoms with E-state index in [0.717, 1.165) is 5.92 Å². The van der Waals surface area contributed by atoms with Crippen molar-refractivity contribution in [2.45, 2.75) is 59.0 Å². The van der Waals surface area contributed by atoms with E-state index in [1.54, 1.807) is 0 Å². The summed E-state index contributed by atoms with van der Waals surface area (Å²) in [5.74, 6) is 0.641. The molecule has 0 spiro atoms. The summed E-state index contributed by atoms with van der Waals surface area (Å²) in [6.45, 7) is 8.53. The van der Waals surface area contributed by atoms with Gasteiger partial charge in [0.05, 0.1) is 12.5 Å². The molecule has 0 radical (unpaired) electrons. The molecule has 1 saturated carbocycles. The molecule has 0 heterocycles. The Bertz CT molecular complexity index is 226. The molecule has 0 bridgehead atoms. The largest absolute Gasteiger partial charge is 0.466 e. The van der Waals surface area contributed by atoms with E-state index in [0.29, 0.717) is 12.6 Å². The third kappa shape index (κ3) is 3.48. The van der Waals surface area contributed by atoms with Crippen LogP contribution in [0.2, 0.25) is 0 Å². The van der Waals surface area contributed by atoms with Crippen molar-refractivity contribution in [2.24, 2.45) is 11.8 Å². The molecular formula is C13H25NO2. The third-order valence-electron chi connectivity index (χ3n) is 3.79. The first-order valence-electron chi connectivity index (χ1n) is 6.49. The summed E-state index contributed by atoms with van der Waals surface area (Å²) < 4.78 is 5.03. The fourth-order valence-electron chi connectivity index (χ4n) is 2.11. The van der Waals surface area contributed by atoms with Gasteiger partial charge in [0.15, 0.2) is 0 Å². The highest BCUT2D eigenvalue weighted by atomic mass is 16.5. The van der Waals surface area contributed by atoms with Crippen LogP contribution in [0.1, 0.15) is 47.0 Å². The average molecular weight is 227 g/mol. The van der Waals surface area contributed by atoms with Crippen LogP contribution in [0.5, 0.6) is 0 Å². The van der Waals surface area contributed by atoms with E-state index in [-0.39, 0.29) is 17.9 Å². The lowest BCUT2D eigenvalue weighted by atomic mass is 9.80. The van der Waals surface area contributed by atoms with Crippen LogP contribution in [-0.2, 0) is 9.53 Å². The molecule has 1 N–H and O–H groups in total. The van der Waals surface area contributed by atoms with Crippen LogP contribution in [0.25, 0.3) is 0 Å². The first kappa shape index (κ1) is 13.5. The summed E-state index contributed by atoms with van der Waals surface area (Å²) in [7, 11) is 0. The van der Waals surface area contributed by atoms with Crippen LogP contribution in [0.15, 0.2) is 0 Å². The number of nitrogens with one attached hydrogen (secondary N) is 1. The molecule has 16 heavy (non-hydrogen) atoms. The molecule has 1 aliphatic rings. The molecule has 0 aromatic rings. The molecule has 1 fully saturated rings. The minimum atomic E-state index is -0.0942. The maximum atomic E-state index is 11.6. The first-order valence-corrected chi connectivity index (χ1v) is 6.49. The monoisotopic (exact) mass is 227 g/mol. The molecule has 0 aliphatic heterocycles. The van der Waals surface area contributed by atoms with Gasteiger partial charge >= 0.3 is 5.97 Å². The zero-order valence-electron chi connectivity index (χ0n) is 11.0. The van der Waals surface area contributed by atoms with Crippen molar-refractivity contribution in [3.8, 4) is 0 Å². The van der Waals surface area contributed by atoms with Crippen molar-refractivity contribution in [3.63, 3.8) is 0 Å². The minimum Gasteiger partial charge on any atom is -0.466 e. The van der Waals surface area contributed by atoms with Crippen molar-refractivity contribution >= 4 is 5.97 Å². The van der Waals surface area contributed by atoms with Crippen LogP contribution in [0, 0.1) is 11.8 Å². The maximum absolute atomic E-state index is 11.6. The lowest BCUT2D eigenvalue weighted by Gasteiger charge is -2.35. The summed E-state index contributed by atoms with van der Waals surface area (Å²) in [5, 5.41) is 3.52. The van der Waals surface area contributed by atoms with Gasteiger partial charge < -0.3 is 10.1 Å². The van der Waals surface area contributed by atoms with E-state index in [9.17, 15) is 4.79 Å². The van der Waals surface area contributed by atoms with Gasteiger partial charge in [0.2, 0.25) is 0 Å². The number of carbonyl (C=O) groups is 1. The Kier molecular flexibility index (Phi) is 5.26. The molecular weight excluding hydrogens is 202 g/mol. The van der Waals surface area contributed by atoms with Gasteiger partial charge in [0.25, 0.3) is 0 Å². The summed E-state index contributed by atoms with van der Waals surface area (Å²) in [6.07, 6.45) is 4.02. The van der Waals surface area contributed by atoms with Gasteiger partial charge in [0, 0.05) is 12.1 Å². The number of esters is 1. The number of carbonyl (C=O) groups excluding carboxylic acids is 1. The highest BCUT2D eigenvalue weighted by Crippen LogP contribution is 2.29. The zero-order chi connectivity index (χ0) is 12.1. The third-order valence-corrected chi connectivity index (χ3v) is 3.79. The second-order valence-electron chi connectivity index (χ2n) is 4.98. The summed E-state index contributed by atoms with van der Waals surface area (Å²) in [6, 6.07) is 0.704. The predicted molar refractivity (Wildman–Crippen MR) is 65.2 cm³/mol. The molecule has 3 nitrogen and oxygen atoms in total. The van der Waals surface area contributed by atoms with Crippen molar-refractivity contribution in [1.82, 2.24) is 5.32 Å². The van der Waals surface area contributed by atoms with Crippen molar-refractivity contribution in [2.75, 3.05) is 6.61 Å². The molecule has 1 rings (SSSR count). The van der Waals surface area contributed by atoms with Gasteiger partial charge in [-0.25, -0.2) is 0 Å². The number of rotatable bonds is 6. The van der Waals surface area contributed by atoms with Gasteiger partial charge in [-0.15, -0.1) is 0 Å². The topological polar surface area (TPSA) is 38.3 Å². The van der Waals surface area contributed by atoms with E-state index in [1.165, 1.54) is 19.3 Å². The molecule has 94 valence electrons. The molecule has 3 atom stereocenters. The normalized spacial score (nSPS) is 22.0. The second kappa shape index (κ2) is 6.24. The van der Waals surface area contributed by atoms with E-state index in [2.05, 4.69) is 19.2 Å². The molecule has 0 aromatic carbocycles. The maximum Gasteiger partial charge on any atom is 0.310 e. The van der Waals surface area contributed by atoms with Crippen LogP contribution < -0.4 is 5.32 Å². The molecule has 0 amide bonds. The van der Waals surface area contributed by atoms with Gasteiger partial charge in [0.1, 0.15) is 0 Å². The van der Waals surface area contributed by atoms with Gasteiger partial charge in [-0.1, -0.05) is 13.3 Å². The fraction of sp³-hybridized carbons (Fsp3) is 0.923. The van der Waals surface area contributed by atoms with Crippen LogP contribution in [0.4, 0.5) is 0 Å². The van der Waals surface area contributed by atoms with Gasteiger partial charge in [-0.3, -0.25) is 4.79 Å². The van der Waals surface area contributed by atoms with Gasteiger partial charge in [-0.2, -0.15) is 0 Å². The number of ether oxygens (including phenoxy) is 1. The van der Waals surface area contributed by atoms with E-state index in [1.807, 2.05) is 13.8 Å². The Labute approximate surface area is 98.9 Å². The Morgan fingerprint density at radius 2 is 2.00 bits per heavy atom. The van der Waals surface area contributed by atoms with Gasteiger partial charge in [-0.05, 0) is 39.5 Å². The minimum absolute atomic E-state index is 0.0672. The lowest BCUT2D eigenvalue weighted by molar-refractivity contribution is -0.148. The standard InChI is InChI=1S/C13H25NO2/c1-5-16-13(15)9(2)10(3)14-11(4)12-7-6-8-12/h9-12,14H,5-8H2,1-4H3/t9-,10-,11-/m1/s1. The fourth-order valence-corrected chi connectivity index (χ4v) is 2.11. The lowest BCUT2D eigenvalue weighted by Crippen LogP contribution is -2.46. The average Bonchev–Trinajstić information content (AvgIpc) is 2.13. The second-order valence-corrected chi connectivity index (χ2v) is 4.98. The zero-order valence-corrected chi connectivity index (χ0v) is 11.0. The number of hydrogen-bond donors (Lipinski definition) is 1. The van der Waals surface area contributed by atoms with E-state index < -0.39 is 0 Å². The number of hydrogen-bond acceptors (Lipinski definition) is 3. The predicted octanol–water partition coefficient (Wildman–Crippen LogP) is 2.35. The highest BCUT2D eigenvalue weighted by Gasteiger charge is 2.28. The first-order chi connectivity index (χ1) is 7.56. The smallest absolute Gasteiger partial charge is 0.310 e. The Hall–Kier alpha value is -0.570. The molecule has 0 unspecified atom stereocenters. The van der Waals surface area contributed by atoms with Crippen molar-refractivity contribution < 1.29 is 9.53 Å². The summed E-state index contributed by atoms with van der Waals surface area (Å²) >= 11 is 0. The van der Waals surface area contributed by atoms with Crippen LogP contribution >= 0.6 is 0 Å². The Balaban J connectivity index is 2.31. The summed E-state index contributed by atoms with van der Waals surface area (Å²) in [4.78, 5) is 11.6. The Morgan fingerprint density at radius 3 is 2.44 bits per heavy atom. The SMILES string of the molecule is CCOC(=O)[C@H](C)[C@@H](C)N[C@H](C)C1CCC1. The van der Waals surface area contributed by atoms with E-state index >= 15 is 0 Å². The summed E-state index contributed by atoms with van der Waals surface area (Å²) in [5.41, 5.74) is 0.